The molecule has 2 aliphatic heterocycles. The molecule has 45 heavy (non-hydrogen) atoms. The van der Waals surface area contributed by atoms with Gasteiger partial charge in [0.15, 0.2) is 0 Å². The van der Waals surface area contributed by atoms with Crippen LogP contribution in [0.5, 0.6) is 5.75 Å². The minimum Gasteiger partial charge on any atom is -0.494 e. The summed E-state index contributed by atoms with van der Waals surface area (Å²) >= 11 is 0. The average molecular weight is 622 g/mol. The van der Waals surface area contributed by atoms with Gasteiger partial charge in [-0.1, -0.05) is 12.1 Å². The summed E-state index contributed by atoms with van der Waals surface area (Å²) < 4.78 is 46.6. The van der Waals surface area contributed by atoms with Crippen molar-refractivity contribution in [1.29, 1.82) is 0 Å². The van der Waals surface area contributed by atoms with Gasteiger partial charge >= 0.3 is 6.18 Å². The summed E-state index contributed by atoms with van der Waals surface area (Å²) in [4.78, 5) is 46.7. The van der Waals surface area contributed by atoms with Crippen LogP contribution in [0, 0.1) is 0 Å². The minimum absolute atomic E-state index is 0.148. The number of methoxy groups -OCH3 is 1. The van der Waals surface area contributed by atoms with E-state index in [-0.39, 0.29) is 29.5 Å². The molecule has 0 aliphatic carbocycles. The van der Waals surface area contributed by atoms with Crippen molar-refractivity contribution in [3.05, 3.63) is 77.5 Å². The van der Waals surface area contributed by atoms with Crippen LogP contribution in [0.1, 0.15) is 65.1 Å². The molecule has 0 radical (unpaired) electrons. The van der Waals surface area contributed by atoms with Gasteiger partial charge < -0.3 is 10.1 Å². The average Bonchev–Trinajstić information content (AvgIpc) is 3.44. The van der Waals surface area contributed by atoms with Crippen molar-refractivity contribution in [3.63, 3.8) is 0 Å². The molecular formula is C31H30F3N7O4. The maximum atomic E-state index is 13.1. The molecule has 3 amide bonds. The fourth-order valence-electron chi connectivity index (χ4n) is 5.75. The van der Waals surface area contributed by atoms with E-state index in [2.05, 4.69) is 25.5 Å². The van der Waals surface area contributed by atoms with Crippen molar-refractivity contribution < 1.29 is 32.3 Å². The summed E-state index contributed by atoms with van der Waals surface area (Å²) in [7, 11) is 1.43. The van der Waals surface area contributed by atoms with E-state index in [1.165, 1.54) is 13.2 Å². The second-order valence-electron chi connectivity index (χ2n) is 11.2. The Hall–Kier alpha value is -4.85. The molecule has 0 saturated carbocycles. The number of piperidine rings is 2. The fraction of sp³-hybridized carbons (Fsp3) is 0.355. The Balaban J connectivity index is 1.08. The van der Waals surface area contributed by atoms with Crippen LogP contribution in [-0.4, -0.2) is 62.6 Å². The Labute approximate surface area is 255 Å². The number of hydrogen-bond acceptors (Lipinski definition) is 8. The highest BCUT2D eigenvalue weighted by atomic mass is 19.4. The second-order valence-corrected chi connectivity index (χ2v) is 11.2. The van der Waals surface area contributed by atoms with Crippen LogP contribution in [0.2, 0.25) is 0 Å². The number of halogens is 3. The summed E-state index contributed by atoms with van der Waals surface area (Å²) in [6.45, 7) is 2.32. The van der Waals surface area contributed by atoms with E-state index in [0.717, 1.165) is 54.7 Å². The number of nitrogens with zero attached hydrogens (tertiary/aromatic N) is 5. The number of nitrogens with one attached hydrogen (secondary N) is 2. The monoisotopic (exact) mass is 621 g/mol. The molecular weight excluding hydrogens is 591 g/mol. The lowest BCUT2D eigenvalue weighted by molar-refractivity contribution is -0.141. The Morgan fingerprint density at radius 1 is 1.11 bits per heavy atom. The highest BCUT2D eigenvalue weighted by Gasteiger charge is 2.33. The van der Waals surface area contributed by atoms with Crippen LogP contribution in [-0.2, 0) is 22.3 Å². The molecule has 2 N–H and O–H groups in total. The number of carbonyl (C=O) groups excluding carboxylic acids is 3. The van der Waals surface area contributed by atoms with Crippen molar-refractivity contribution in [2.75, 3.05) is 25.5 Å². The van der Waals surface area contributed by atoms with Gasteiger partial charge in [0, 0.05) is 49.9 Å². The molecule has 1 atom stereocenters. The number of imide groups is 1. The topological polar surface area (TPSA) is 131 Å². The fourth-order valence-corrected chi connectivity index (χ4v) is 5.75. The van der Waals surface area contributed by atoms with Gasteiger partial charge in [0.1, 0.15) is 17.1 Å². The molecule has 5 heterocycles. The standard InChI is InChI=1S/C31H30F3N7O4/c1-45-26-14-24-19(13-25(26)37-30(44)23-3-2-4-27(36-23)31(32,33)34)16-41(39-24)21-9-11-40(12-10-21)17-20-6-5-18(15-35-20)22-7-8-28(42)38-29(22)43/h2-6,13-16,21-22H,7-12,17H2,1H3,(H,37,44)(H,38,42,43). The summed E-state index contributed by atoms with van der Waals surface area (Å²) in [6.07, 6.45) is 1.46. The first-order chi connectivity index (χ1) is 21.6. The SMILES string of the molecule is COc1cc2nn(C3CCN(Cc4ccc(C5CCC(=O)NC5=O)cn4)CC3)cc2cc1NC(=O)c1cccc(C(F)(F)F)n1. The summed E-state index contributed by atoms with van der Waals surface area (Å²) in [5, 5.41) is 10.5. The highest BCUT2D eigenvalue weighted by Crippen LogP contribution is 2.33. The van der Waals surface area contributed by atoms with Crippen molar-refractivity contribution in [2.45, 2.75) is 50.4 Å². The zero-order valence-electron chi connectivity index (χ0n) is 24.3. The zero-order chi connectivity index (χ0) is 31.7. The third-order valence-corrected chi connectivity index (χ3v) is 8.17. The largest absolute Gasteiger partial charge is 0.494 e. The first-order valence-corrected chi connectivity index (χ1v) is 14.5. The summed E-state index contributed by atoms with van der Waals surface area (Å²) in [6, 6.07) is 10.5. The minimum atomic E-state index is -4.67. The molecule has 2 saturated heterocycles. The number of rotatable bonds is 7. The molecule has 3 aromatic heterocycles. The Bertz CT molecular complexity index is 1750. The number of alkyl halides is 3. The molecule has 14 heteroatoms. The summed E-state index contributed by atoms with van der Waals surface area (Å²) in [5.41, 5.74) is 1.14. The van der Waals surface area contributed by atoms with Gasteiger partial charge in [0.05, 0.1) is 36.0 Å². The van der Waals surface area contributed by atoms with Crippen LogP contribution in [0.25, 0.3) is 10.9 Å². The van der Waals surface area contributed by atoms with E-state index in [1.807, 2.05) is 23.0 Å². The lowest BCUT2D eigenvalue weighted by Crippen LogP contribution is -2.39. The highest BCUT2D eigenvalue weighted by molar-refractivity contribution is 6.05. The normalized spacial score (nSPS) is 18.2. The van der Waals surface area contributed by atoms with E-state index in [1.54, 1.807) is 18.3 Å². The molecule has 0 spiro atoms. The Morgan fingerprint density at radius 3 is 2.60 bits per heavy atom. The maximum absolute atomic E-state index is 13.1. The molecule has 2 aliphatic rings. The van der Waals surface area contributed by atoms with Gasteiger partial charge in [-0.2, -0.15) is 18.3 Å². The van der Waals surface area contributed by atoms with Crippen LogP contribution in [0.4, 0.5) is 18.9 Å². The van der Waals surface area contributed by atoms with E-state index in [9.17, 15) is 27.6 Å². The summed E-state index contributed by atoms with van der Waals surface area (Å²) in [5.74, 6) is -1.35. The number of carbonyl (C=O) groups is 3. The smallest absolute Gasteiger partial charge is 0.433 e. The van der Waals surface area contributed by atoms with E-state index in [0.29, 0.717) is 36.3 Å². The number of hydrogen-bond donors (Lipinski definition) is 2. The number of likely N-dealkylation sites (tertiary alicyclic amines) is 1. The maximum Gasteiger partial charge on any atom is 0.433 e. The number of anilines is 1. The Morgan fingerprint density at radius 2 is 1.91 bits per heavy atom. The first-order valence-electron chi connectivity index (χ1n) is 14.5. The van der Waals surface area contributed by atoms with Crippen molar-refractivity contribution in [3.8, 4) is 5.75 Å². The van der Waals surface area contributed by atoms with Gasteiger partial charge in [-0.05, 0) is 49.1 Å². The van der Waals surface area contributed by atoms with Crippen LogP contribution >= 0.6 is 0 Å². The number of amides is 3. The molecule has 4 aromatic rings. The number of fused-ring (bicyclic) bond motifs is 1. The second kappa shape index (κ2) is 12.3. The van der Waals surface area contributed by atoms with Crippen LogP contribution in [0.15, 0.2) is 54.9 Å². The first kappa shape index (κ1) is 30.2. The lowest BCUT2D eigenvalue weighted by Gasteiger charge is -2.31. The molecule has 11 nitrogen and oxygen atoms in total. The van der Waals surface area contributed by atoms with Crippen LogP contribution in [0.3, 0.4) is 0 Å². The lowest BCUT2D eigenvalue weighted by atomic mass is 9.91. The molecule has 1 aromatic carbocycles. The van der Waals surface area contributed by atoms with Gasteiger partial charge in [0.2, 0.25) is 11.8 Å². The van der Waals surface area contributed by atoms with Crippen molar-refractivity contribution in [2.24, 2.45) is 0 Å². The third-order valence-electron chi connectivity index (χ3n) is 8.17. The van der Waals surface area contributed by atoms with Gasteiger partial charge in [-0.25, -0.2) is 4.98 Å². The Kier molecular flexibility index (Phi) is 8.23. The van der Waals surface area contributed by atoms with Gasteiger partial charge in [-0.15, -0.1) is 0 Å². The van der Waals surface area contributed by atoms with Crippen molar-refractivity contribution in [1.82, 2.24) is 30.0 Å². The molecule has 1 unspecified atom stereocenters. The molecule has 0 bridgehead atoms. The molecule has 234 valence electrons. The predicted molar refractivity (Wildman–Crippen MR) is 156 cm³/mol. The number of aromatic nitrogens is 4. The van der Waals surface area contributed by atoms with E-state index < -0.39 is 17.8 Å². The number of ether oxygens (including phenoxy) is 1. The quantitative estimate of drug-likeness (QED) is 0.289. The van der Waals surface area contributed by atoms with Gasteiger partial charge in [0.25, 0.3) is 5.91 Å². The van der Waals surface area contributed by atoms with E-state index in [4.69, 9.17) is 9.84 Å². The number of benzene rings is 1. The van der Waals surface area contributed by atoms with Gasteiger partial charge in [-0.3, -0.25) is 34.3 Å². The molecule has 2 fully saturated rings. The molecule has 6 rings (SSSR count). The van der Waals surface area contributed by atoms with Crippen molar-refractivity contribution >= 4 is 34.3 Å². The van der Waals surface area contributed by atoms with Crippen LogP contribution < -0.4 is 15.4 Å². The predicted octanol–water partition coefficient (Wildman–Crippen LogP) is 4.46. The zero-order valence-corrected chi connectivity index (χ0v) is 24.3. The number of pyridine rings is 2. The third kappa shape index (κ3) is 6.65. The van der Waals surface area contributed by atoms with E-state index >= 15 is 0 Å².